The summed E-state index contributed by atoms with van der Waals surface area (Å²) in [7, 11) is 0. The molecule has 5 heteroatoms. The molecule has 0 radical (unpaired) electrons. The van der Waals surface area contributed by atoms with Gasteiger partial charge in [-0.3, -0.25) is 0 Å². The van der Waals surface area contributed by atoms with Crippen LogP contribution in [0.5, 0.6) is 0 Å². The number of benzene rings is 1. The van der Waals surface area contributed by atoms with Crippen LogP contribution in [-0.2, 0) is 11.3 Å². The summed E-state index contributed by atoms with van der Waals surface area (Å²) in [6, 6.07) is 5.06. The summed E-state index contributed by atoms with van der Waals surface area (Å²) in [6.45, 7) is 7.33. The Kier molecular flexibility index (Phi) is 7.80. The highest BCUT2D eigenvalue weighted by atomic mass is 79.9. The lowest BCUT2D eigenvalue weighted by molar-refractivity contribution is 0.0697. The standard InChI is InChI=1S/C15H22BrNO3/c1-11(2)5-7-20-8-6-17-10-13-4-3-12(15(18)19)9-14(13)16/h3-4,9,11,17H,5-8,10H2,1-2H3,(H,18,19). The lowest BCUT2D eigenvalue weighted by Gasteiger charge is -2.09. The van der Waals surface area contributed by atoms with Gasteiger partial charge >= 0.3 is 5.97 Å². The Bertz CT molecular complexity index is 435. The van der Waals surface area contributed by atoms with E-state index in [0.29, 0.717) is 19.1 Å². The molecule has 112 valence electrons. The van der Waals surface area contributed by atoms with Crippen LogP contribution in [0.15, 0.2) is 22.7 Å². The van der Waals surface area contributed by atoms with Crippen molar-refractivity contribution < 1.29 is 14.6 Å². The van der Waals surface area contributed by atoms with Gasteiger partial charge < -0.3 is 15.2 Å². The van der Waals surface area contributed by atoms with E-state index in [0.717, 1.165) is 29.6 Å². The van der Waals surface area contributed by atoms with Crippen molar-refractivity contribution in [2.45, 2.75) is 26.8 Å². The third-order valence-electron chi connectivity index (χ3n) is 2.88. The molecule has 0 saturated heterocycles. The molecular weight excluding hydrogens is 322 g/mol. The van der Waals surface area contributed by atoms with Crippen LogP contribution < -0.4 is 5.32 Å². The minimum Gasteiger partial charge on any atom is -0.478 e. The Hall–Kier alpha value is -0.910. The first-order valence-electron chi connectivity index (χ1n) is 6.81. The van der Waals surface area contributed by atoms with Gasteiger partial charge in [-0.15, -0.1) is 0 Å². The molecule has 0 aliphatic carbocycles. The van der Waals surface area contributed by atoms with Gasteiger partial charge in [-0.2, -0.15) is 0 Å². The predicted octanol–water partition coefficient (Wildman–Crippen LogP) is 3.30. The number of nitrogens with one attached hydrogen (secondary N) is 1. The van der Waals surface area contributed by atoms with Gasteiger partial charge in [0.25, 0.3) is 0 Å². The average molecular weight is 344 g/mol. The molecule has 0 bridgehead atoms. The fourth-order valence-electron chi connectivity index (χ4n) is 1.61. The lowest BCUT2D eigenvalue weighted by atomic mass is 10.1. The summed E-state index contributed by atoms with van der Waals surface area (Å²) in [5.41, 5.74) is 1.33. The summed E-state index contributed by atoms with van der Waals surface area (Å²) in [4.78, 5) is 10.8. The Labute approximate surface area is 128 Å². The molecular formula is C15H22BrNO3. The number of carbonyl (C=O) groups is 1. The smallest absolute Gasteiger partial charge is 0.335 e. The monoisotopic (exact) mass is 343 g/mol. The average Bonchev–Trinajstić information content (AvgIpc) is 2.38. The first-order valence-corrected chi connectivity index (χ1v) is 7.60. The van der Waals surface area contributed by atoms with Crippen molar-refractivity contribution in [2.75, 3.05) is 19.8 Å². The normalized spacial score (nSPS) is 11.0. The minimum atomic E-state index is -0.913. The van der Waals surface area contributed by atoms with E-state index in [1.807, 2.05) is 6.07 Å². The molecule has 0 atom stereocenters. The van der Waals surface area contributed by atoms with E-state index in [-0.39, 0.29) is 5.56 Å². The number of carboxylic acids is 1. The molecule has 2 N–H and O–H groups in total. The molecule has 0 spiro atoms. The van der Waals surface area contributed by atoms with E-state index in [1.54, 1.807) is 12.1 Å². The number of aromatic carboxylic acids is 1. The minimum absolute atomic E-state index is 0.289. The van der Waals surface area contributed by atoms with Crippen molar-refractivity contribution in [2.24, 2.45) is 5.92 Å². The van der Waals surface area contributed by atoms with Gasteiger partial charge in [0.2, 0.25) is 0 Å². The summed E-state index contributed by atoms with van der Waals surface area (Å²) >= 11 is 3.39. The van der Waals surface area contributed by atoms with Gasteiger partial charge in [-0.25, -0.2) is 4.79 Å². The highest BCUT2D eigenvalue weighted by molar-refractivity contribution is 9.10. The molecule has 20 heavy (non-hydrogen) atoms. The number of halogens is 1. The predicted molar refractivity (Wildman–Crippen MR) is 83.1 cm³/mol. The van der Waals surface area contributed by atoms with Crippen LogP contribution in [0.1, 0.15) is 36.2 Å². The van der Waals surface area contributed by atoms with Gasteiger partial charge in [0.15, 0.2) is 0 Å². The van der Waals surface area contributed by atoms with E-state index in [9.17, 15) is 4.79 Å². The fourth-order valence-corrected chi connectivity index (χ4v) is 2.13. The van der Waals surface area contributed by atoms with E-state index in [2.05, 4.69) is 35.1 Å². The van der Waals surface area contributed by atoms with E-state index < -0.39 is 5.97 Å². The SMILES string of the molecule is CC(C)CCOCCNCc1ccc(C(=O)O)cc1Br. The van der Waals surface area contributed by atoms with Gasteiger partial charge in [0.05, 0.1) is 12.2 Å². The van der Waals surface area contributed by atoms with E-state index in [4.69, 9.17) is 9.84 Å². The number of ether oxygens (including phenoxy) is 1. The number of rotatable bonds is 9. The van der Waals surface area contributed by atoms with Crippen molar-refractivity contribution in [3.05, 3.63) is 33.8 Å². The maximum atomic E-state index is 10.8. The Morgan fingerprint density at radius 1 is 1.40 bits per heavy atom. The molecule has 0 aromatic heterocycles. The number of hydrogen-bond donors (Lipinski definition) is 2. The molecule has 0 unspecified atom stereocenters. The fraction of sp³-hybridized carbons (Fsp3) is 0.533. The highest BCUT2D eigenvalue weighted by Gasteiger charge is 2.06. The molecule has 0 amide bonds. The van der Waals surface area contributed by atoms with Crippen LogP contribution in [0.3, 0.4) is 0 Å². The van der Waals surface area contributed by atoms with Crippen molar-refractivity contribution >= 4 is 21.9 Å². The van der Waals surface area contributed by atoms with Crippen LogP contribution >= 0.6 is 15.9 Å². The van der Waals surface area contributed by atoms with Gasteiger partial charge in [0, 0.05) is 24.2 Å². The van der Waals surface area contributed by atoms with Gasteiger partial charge in [-0.05, 0) is 30.0 Å². The maximum Gasteiger partial charge on any atom is 0.335 e. The van der Waals surface area contributed by atoms with Crippen LogP contribution in [0.4, 0.5) is 0 Å². The lowest BCUT2D eigenvalue weighted by Crippen LogP contribution is -2.20. The summed E-state index contributed by atoms with van der Waals surface area (Å²) in [6.07, 6.45) is 1.09. The zero-order valence-corrected chi connectivity index (χ0v) is 13.6. The van der Waals surface area contributed by atoms with Crippen LogP contribution in [0.2, 0.25) is 0 Å². The third kappa shape index (κ3) is 6.50. The Balaban J connectivity index is 2.24. The molecule has 0 heterocycles. The summed E-state index contributed by atoms with van der Waals surface area (Å²) in [5, 5.41) is 12.2. The second-order valence-corrected chi connectivity index (χ2v) is 5.94. The second kappa shape index (κ2) is 9.10. The molecule has 1 rings (SSSR count). The summed E-state index contributed by atoms with van der Waals surface area (Å²) < 4.78 is 6.32. The molecule has 0 aliphatic heterocycles. The first-order chi connectivity index (χ1) is 9.50. The zero-order chi connectivity index (χ0) is 15.0. The molecule has 0 saturated carbocycles. The van der Waals surface area contributed by atoms with Gasteiger partial charge in [0.1, 0.15) is 0 Å². The second-order valence-electron chi connectivity index (χ2n) is 5.08. The van der Waals surface area contributed by atoms with Crippen molar-refractivity contribution in [3.8, 4) is 0 Å². The van der Waals surface area contributed by atoms with Crippen molar-refractivity contribution in [3.63, 3.8) is 0 Å². The quantitative estimate of drug-likeness (QED) is 0.675. The highest BCUT2D eigenvalue weighted by Crippen LogP contribution is 2.18. The number of carboxylic acid groups (broad SMARTS) is 1. The van der Waals surface area contributed by atoms with Crippen LogP contribution in [0, 0.1) is 5.92 Å². The molecule has 1 aromatic rings. The van der Waals surface area contributed by atoms with E-state index in [1.165, 1.54) is 0 Å². The largest absolute Gasteiger partial charge is 0.478 e. The summed E-state index contributed by atoms with van der Waals surface area (Å²) in [5.74, 6) is -0.240. The molecule has 1 aromatic carbocycles. The molecule has 0 aliphatic rings. The topological polar surface area (TPSA) is 58.6 Å². The van der Waals surface area contributed by atoms with Crippen molar-refractivity contribution in [1.29, 1.82) is 0 Å². The van der Waals surface area contributed by atoms with E-state index >= 15 is 0 Å². The van der Waals surface area contributed by atoms with Crippen LogP contribution in [0.25, 0.3) is 0 Å². The molecule has 4 nitrogen and oxygen atoms in total. The maximum absolute atomic E-state index is 10.8. The molecule has 0 fully saturated rings. The Morgan fingerprint density at radius 2 is 2.15 bits per heavy atom. The Morgan fingerprint density at radius 3 is 2.75 bits per heavy atom. The van der Waals surface area contributed by atoms with Crippen molar-refractivity contribution in [1.82, 2.24) is 5.32 Å². The zero-order valence-electron chi connectivity index (χ0n) is 12.0. The van der Waals surface area contributed by atoms with Crippen LogP contribution in [-0.4, -0.2) is 30.8 Å². The third-order valence-corrected chi connectivity index (χ3v) is 3.62. The first kappa shape index (κ1) is 17.1. The van der Waals surface area contributed by atoms with Gasteiger partial charge in [-0.1, -0.05) is 35.8 Å². The number of hydrogen-bond acceptors (Lipinski definition) is 3.